The highest BCUT2D eigenvalue weighted by atomic mass is 32.2. The summed E-state index contributed by atoms with van der Waals surface area (Å²) in [7, 11) is -3.10. The molecule has 15 heavy (non-hydrogen) atoms. The Kier molecular flexibility index (Phi) is 2.36. The number of hydrogen-bond donors (Lipinski definition) is 0. The molecule has 0 aliphatic heterocycles. The number of sulfone groups is 1. The van der Waals surface area contributed by atoms with Crippen LogP contribution in [0.3, 0.4) is 0 Å². The molecule has 78 valence electrons. The van der Waals surface area contributed by atoms with E-state index in [0.29, 0.717) is 4.90 Å². The highest BCUT2D eigenvalue weighted by Crippen LogP contribution is 2.13. The lowest BCUT2D eigenvalue weighted by molar-refractivity contribution is 0.602. The third kappa shape index (κ3) is 2.10. The second kappa shape index (κ2) is 3.55. The van der Waals surface area contributed by atoms with Crippen LogP contribution in [0.2, 0.25) is 0 Å². The topological polar surface area (TPSA) is 39.1 Å². The van der Waals surface area contributed by atoms with Gasteiger partial charge < -0.3 is 4.57 Å². The molecule has 3 nitrogen and oxygen atoms in total. The van der Waals surface area contributed by atoms with Crippen LogP contribution in [0, 0.1) is 0 Å². The van der Waals surface area contributed by atoms with E-state index in [-0.39, 0.29) is 0 Å². The summed E-state index contributed by atoms with van der Waals surface area (Å²) in [6, 6.07) is 10.6. The van der Waals surface area contributed by atoms with Gasteiger partial charge in [-0.3, -0.25) is 0 Å². The molecule has 0 unspecified atom stereocenters. The zero-order valence-corrected chi connectivity index (χ0v) is 9.11. The summed E-state index contributed by atoms with van der Waals surface area (Å²) in [5.41, 5.74) is 0.951. The van der Waals surface area contributed by atoms with Gasteiger partial charge in [0.25, 0.3) is 0 Å². The average molecular weight is 221 g/mol. The van der Waals surface area contributed by atoms with Crippen LogP contribution in [-0.2, 0) is 9.84 Å². The minimum absolute atomic E-state index is 0.346. The number of hydrogen-bond acceptors (Lipinski definition) is 2. The first-order valence-corrected chi connectivity index (χ1v) is 6.40. The van der Waals surface area contributed by atoms with Crippen LogP contribution in [0.5, 0.6) is 0 Å². The van der Waals surface area contributed by atoms with E-state index in [9.17, 15) is 8.42 Å². The summed E-state index contributed by atoms with van der Waals surface area (Å²) in [6.07, 6.45) is 5.03. The van der Waals surface area contributed by atoms with Crippen molar-refractivity contribution in [2.75, 3.05) is 6.26 Å². The van der Waals surface area contributed by atoms with Crippen molar-refractivity contribution in [2.45, 2.75) is 4.90 Å². The SMILES string of the molecule is CS(=O)(=O)c1ccc(-n2cccc2)cc1. The Bertz CT molecular complexity index is 539. The maximum atomic E-state index is 11.2. The van der Waals surface area contributed by atoms with Gasteiger partial charge in [0.1, 0.15) is 0 Å². The molecule has 2 rings (SSSR count). The van der Waals surface area contributed by atoms with Crippen molar-refractivity contribution >= 4 is 9.84 Å². The Morgan fingerprint density at radius 1 is 1.00 bits per heavy atom. The summed E-state index contributed by atoms with van der Waals surface area (Å²) in [4.78, 5) is 0.346. The first kappa shape index (κ1) is 9.98. The molecule has 0 radical (unpaired) electrons. The number of nitrogens with zero attached hydrogens (tertiary/aromatic N) is 1. The predicted molar refractivity (Wildman–Crippen MR) is 58.9 cm³/mol. The van der Waals surface area contributed by atoms with Gasteiger partial charge in [0, 0.05) is 24.3 Å². The number of rotatable bonds is 2. The fourth-order valence-corrected chi connectivity index (χ4v) is 2.00. The van der Waals surface area contributed by atoms with Gasteiger partial charge in [-0.15, -0.1) is 0 Å². The number of aromatic nitrogens is 1. The molecular formula is C11H11NO2S. The largest absolute Gasteiger partial charge is 0.324 e. The van der Waals surface area contributed by atoms with E-state index >= 15 is 0 Å². The summed E-state index contributed by atoms with van der Waals surface area (Å²) < 4.78 is 24.4. The lowest BCUT2D eigenvalue weighted by Crippen LogP contribution is -1.97. The second-order valence-corrected chi connectivity index (χ2v) is 5.37. The average Bonchev–Trinajstić information content (AvgIpc) is 2.69. The molecule has 0 N–H and O–H groups in total. The Morgan fingerprint density at radius 2 is 1.53 bits per heavy atom. The minimum atomic E-state index is -3.10. The molecule has 0 fully saturated rings. The lowest BCUT2D eigenvalue weighted by Gasteiger charge is -2.03. The smallest absolute Gasteiger partial charge is 0.175 e. The zero-order chi connectivity index (χ0) is 10.9. The van der Waals surface area contributed by atoms with E-state index in [1.807, 2.05) is 29.1 Å². The first-order valence-electron chi connectivity index (χ1n) is 4.51. The van der Waals surface area contributed by atoms with E-state index in [0.717, 1.165) is 5.69 Å². The highest BCUT2D eigenvalue weighted by Gasteiger charge is 2.05. The van der Waals surface area contributed by atoms with Crippen LogP contribution in [0.4, 0.5) is 0 Å². The Balaban J connectivity index is 2.42. The van der Waals surface area contributed by atoms with Crippen LogP contribution >= 0.6 is 0 Å². The van der Waals surface area contributed by atoms with Crippen molar-refractivity contribution in [3.63, 3.8) is 0 Å². The van der Waals surface area contributed by atoms with E-state index in [1.54, 1.807) is 24.3 Å². The summed E-state index contributed by atoms with van der Waals surface area (Å²) >= 11 is 0. The molecule has 4 heteroatoms. The lowest BCUT2D eigenvalue weighted by atomic mass is 10.3. The fourth-order valence-electron chi connectivity index (χ4n) is 1.37. The molecule has 1 aromatic heterocycles. The van der Waals surface area contributed by atoms with Gasteiger partial charge in [-0.05, 0) is 36.4 Å². The molecule has 2 aromatic rings. The predicted octanol–water partition coefficient (Wildman–Crippen LogP) is 1.88. The van der Waals surface area contributed by atoms with E-state index < -0.39 is 9.84 Å². The first-order chi connectivity index (χ1) is 7.07. The normalized spacial score (nSPS) is 11.5. The van der Waals surface area contributed by atoms with Crippen molar-refractivity contribution in [1.29, 1.82) is 0 Å². The van der Waals surface area contributed by atoms with Gasteiger partial charge in [0.15, 0.2) is 9.84 Å². The summed E-state index contributed by atoms with van der Waals surface area (Å²) in [6.45, 7) is 0. The van der Waals surface area contributed by atoms with Crippen molar-refractivity contribution in [3.05, 3.63) is 48.8 Å². The van der Waals surface area contributed by atoms with Crippen molar-refractivity contribution < 1.29 is 8.42 Å². The van der Waals surface area contributed by atoms with Crippen LogP contribution in [0.1, 0.15) is 0 Å². The third-order valence-electron chi connectivity index (χ3n) is 2.17. The molecule has 0 aliphatic carbocycles. The third-order valence-corrected chi connectivity index (χ3v) is 3.30. The van der Waals surface area contributed by atoms with E-state index in [4.69, 9.17) is 0 Å². The second-order valence-electron chi connectivity index (χ2n) is 3.36. The molecule has 0 spiro atoms. The molecule has 1 heterocycles. The monoisotopic (exact) mass is 221 g/mol. The van der Waals surface area contributed by atoms with Gasteiger partial charge in [-0.1, -0.05) is 0 Å². The van der Waals surface area contributed by atoms with Crippen LogP contribution < -0.4 is 0 Å². The van der Waals surface area contributed by atoms with Crippen molar-refractivity contribution in [3.8, 4) is 5.69 Å². The van der Waals surface area contributed by atoms with E-state index in [2.05, 4.69) is 0 Å². The molecule has 0 bridgehead atoms. The number of benzene rings is 1. The van der Waals surface area contributed by atoms with Gasteiger partial charge in [0.2, 0.25) is 0 Å². The Labute approximate surface area is 88.9 Å². The van der Waals surface area contributed by atoms with Crippen LogP contribution in [0.25, 0.3) is 5.69 Å². The quantitative estimate of drug-likeness (QED) is 0.776. The van der Waals surface area contributed by atoms with E-state index in [1.165, 1.54) is 6.26 Å². The maximum absolute atomic E-state index is 11.2. The maximum Gasteiger partial charge on any atom is 0.175 e. The Hall–Kier alpha value is -1.55. The molecular weight excluding hydrogens is 210 g/mol. The molecule has 0 saturated carbocycles. The van der Waals surface area contributed by atoms with Gasteiger partial charge >= 0.3 is 0 Å². The van der Waals surface area contributed by atoms with Crippen LogP contribution in [-0.4, -0.2) is 19.2 Å². The molecule has 0 aliphatic rings. The Morgan fingerprint density at radius 3 is 2.00 bits per heavy atom. The molecule has 0 saturated heterocycles. The minimum Gasteiger partial charge on any atom is -0.324 e. The molecule has 1 aromatic carbocycles. The van der Waals surface area contributed by atoms with Gasteiger partial charge in [-0.2, -0.15) is 0 Å². The zero-order valence-electron chi connectivity index (χ0n) is 8.29. The van der Waals surface area contributed by atoms with Crippen molar-refractivity contribution in [2.24, 2.45) is 0 Å². The summed E-state index contributed by atoms with van der Waals surface area (Å²) in [5, 5.41) is 0. The molecule has 0 amide bonds. The highest BCUT2D eigenvalue weighted by molar-refractivity contribution is 7.90. The van der Waals surface area contributed by atoms with Crippen molar-refractivity contribution in [1.82, 2.24) is 4.57 Å². The van der Waals surface area contributed by atoms with Gasteiger partial charge in [-0.25, -0.2) is 8.42 Å². The standard InChI is InChI=1S/C11H11NO2S/c1-15(13,14)11-6-4-10(5-7-11)12-8-2-3-9-12/h2-9H,1H3. The molecule has 0 atom stereocenters. The van der Waals surface area contributed by atoms with Gasteiger partial charge in [0.05, 0.1) is 4.90 Å². The fraction of sp³-hybridized carbons (Fsp3) is 0.0909. The van der Waals surface area contributed by atoms with Crippen LogP contribution in [0.15, 0.2) is 53.7 Å². The summed E-state index contributed by atoms with van der Waals surface area (Å²) in [5.74, 6) is 0.